The summed E-state index contributed by atoms with van der Waals surface area (Å²) in [5, 5.41) is 7.97. The smallest absolute Gasteiger partial charge is 0.0935 e. The number of piperidine rings is 1. The highest BCUT2D eigenvalue weighted by Crippen LogP contribution is 2.44. The van der Waals surface area contributed by atoms with E-state index in [1.54, 1.807) is 0 Å². The van der Waals surface area contributed by atoms with Crippen LogP contribution in [-0.4, -0.2) is 48.9 Å². The number of rotatable bonds is 6. The van der Waals surface area contributed by atoms with Crippen molar-refractivity contribution < 1.29 is 4.84 Å². The number of hydrogen-bond donors (Lipinski definition) is 1. The van der Waals surface area contributed by atoms with Crippen LogP contribution in [0.25, 0.3) is 0 Å². The number of hydrogen-bond acceptors (Lipinski definition) is 3. The normalized spacial score (nSPS) is 24.3. The fourth-order valence-electron chi connectivity index (χ4n) is 3.15. The summed E-state index contributed by atoms with van der Waals surface area (Å²) >= 11 is 0. The summed E-state index contributed by atoms with van der Waals surface area (Å²) in [5.41, 5.74) is 2.73. The minimum atomic E-state index is -0.0568. The second kappa shape index (κ2) is 8.15. The maximum absolute atomic E-state index is 5.95. The van der Waals surface area contributed by atoms with Gasteiger partial charge in [-0.1, -0.05) is 36.4 Å². The summed E-state index contributed by atoms with van der Waals surface area (Å²) in [6.07, 6.45) is 4.83. The second-order valence-corrected chi connectivity index (χ2v) is 8.81. The summed E-state index contributed by atoms with van der Waals surface area (Å²) in [7, 11) is 4.22. The lowest BCUT2D eigenvalue weighted by atomic mass is 10.1. The highest BCUT2D eigenvalue weighted by molar-refractivity contribution is 8.22. The first-order valence-corrected chi connectivity index (χ1v) is 9.98. The van der Waals surface area contributed by atoms with E-state index >= 15 is 0 Å². The molecular formula is C19H28N2OS. The molecule has 3 nitrogen and oxygen atoms in total. The molecule has 0 aromatic heterocycles. The van der Waals surface area contributed by atoms with Gasteiger partial charge in [-0.15, -0.1) is 0 Å². The van der Waals surface area contributed by atoms with E-state index in [-0.39, 0.29) is 10.9 Å². The Hall–Kier alpha value is -1.07. The second-order valence-electron chi connectivity index (χ2n) is 6.62. The van der Waals surface area contributed by atoms with Crippen LogP contribution < -0.4 is 0 Å². The van der Waals surface area contributed by atoms with E-state index in [1.165, 1.54) is 24.0 Å². The molecule has 23 heavy (non-hydrogen) atoms. The van der Waals surface area contributed by atoms with Gasteiger partial charge in [-0.3, -0.25) is 4.84 Å². The van der Waals surface area contributed by atoms with E-state index in [0.717, 1.165) is 24.9 Å². The van der Waals surface area contributed by atoms with Crippen molar-refractivity contribution in [2.24, 2.45) is 0 Å². The molecule has 4 heteroatoms. The Labute approximate surface area is 142 Å². The van der Waals surface area contributed by atoms with E-state index in [2.05, 4.69) is 65.2 Å². The van der Waals surface area contributed by atoms with Gasteiger partial charge in [-0.05, 0) is 54.1 Å². The van der Waals surface area contributed by atoms with Crippen LogP contribution in [0.1, 0.15) is 18.4 Å². The zero-order chi connectivity index (χ0) is 16.1. The van der Waals surface area contributed by atoms with Gasteiger partial charge in [0.2, 0.25) is 0 Å². The maximum Gasteiger partial charge on any atom is 0.0935 e. The van der Waals surface area contributed by atoms with Gasteiger partial charge in [-0.25, -0.2) is 10.9 Å². The Bertz CT molecular complexity index is 548. The average Bonchev–Trinajstić information content (AvgIpc) is 3.02. The van der Waals surface area contributed by atoms with Gasteiger partial charge in [0.25, 0.3) is 0 Å². The Kier molecular flexibility index (Phi) is 5.95. The third-order valence-electron chi connectivity index (χ3n) is 4.38. The lowest BCUT2D eigenvalue weighted by molar-refractivity contribution is -0.177. The van der Waals surface area contributed by atoms with Gasteiger partial charge >= 0.3 is 0 Å². The Morgan fingerprint density at radius 2 is 1.91 bits per heavy atom. The van der Waals surface area contributed by atoms with Crippen molar-refractivity contribution in [3.8, 4) is 0 Å². The van der Waals surface area contributed by atoms with Crippen molar-refractivity contribution in [3.63, 3.8) is 0 Å². The van der Waals surface area contributed by atoms with Crippen LogP contribution in [0.15, 0.2) is 52.8 Å². The van der Waals surface area contributed by atoms with Crippen LogP contribution in [0.4, 0.5) is 0 Å². The van der Waals surface area contributed by atoms with E-state index < -0.39 is 0 Å². The molecule has 0 spiro atoms. The summed E-state index contributed by atoms with van der Waals surface area (Å²) in [5.74, 6) is 0. The quantitative estimate of drug-likeness (QED) is 0.802. The molecule has 1 saturated heterocycles. The van der Waals surface area contributed by atoms with Crippen LogP contribution in [0.5, 0.6) is 0 Å². The molecule has 1 fully saturated rings. The molecule has 126 valence electrons. The van der Waals surface area contributed by atoms with E-state index in [0.29, 0.717) is 6.61 Å². The Morgan fingerprint density at radius 3 is 2.61 bits per heavy atom. The molecular weight excluding hydrogens is 304 g/mol. The van der Waals surface area contributed by atoms with E-state index in [9.17, 15) is 0 Å². The molecule has 1 unspecified atom stereocenters. The first-order chi connectivity index (χ1) is 11.2. The molecule has 0 saturated carbocycles. The minimum absolute atomic E-state index is 0.0568. The zero-order valence-electron chi connectivity index (χ0n) is 14.2. The lowest BCUT2D eigenvalue weighted by Crippen LogP contribution is -2.35. The molecule has 0 radical (unpaired) electrons. The maximum atomic E-state index is 5.95. The summed E-state index contributed by atoms with van der Waals surface area (Å²) in [6, 6.07) is 10.4. The van der Waals surface area contributed by atoms with Crippen molar-refractivity contribution in [3.05, 3.63) is 58.4 Å². The first-order valence-electron chi connectivity index (χ1n) is 8.43. The fraction of sp³-hybridized carbons (Fsp3) is 0.474. The molecule has 2 aliphatic rings. The van der Waals surface area contributed by atoms with Crippen LogP contribution in [0.3, 0.4) is 0 Å². The number of hydroxylamine groups is 2. The molecule has 1 aromatic rings. The monoisotopic (exact) mass is 332 g/mol. The van der Waals surface area contributed by atoms with Crippen LogP contribution >= 0.6 is 10.9 Å². The third-order valence-corrected chi connectivity index (χ3v) is 6.86. The SMILES string of the molecule is CN(C)CC1=C[SH](C2CCN(OCc3ccccc3)CC2)C=C1. The van der Waals surface area contributed by atoms with Gasteiger partial charge in [0, 0.05) is 19.6 Å². The molecule has 0 amide bonds. The Balaban J connectivity index is 1.42. The van der Waals surface area contributed by atoms with Crippen LogP contribution in [-0.2, 0) is 11.4 Å². The highest BCUT2D eigenvalue weighted by atomic mass is 32.2. The average molecular weight is 333 g/mol. The molecule has 1 aromatic carbocycles. The standard InChI is InChI=1S/C19H28N2OS/c1-20(2)14-18-10-13-23(16-18)19-8-11-21(12-9-19)22-15-17-6-4-3-5-7-17/h3-7,10,13,16,19,23H,8-9,11-12,14-15H2,1-2H3. The van der Waals surface area contributed by atoms with Crippen molar-refractivity contribution in [1.82, 2.24) is 9.96 Å². The van der Waals surface area contributed by atoms with Gasteiger partial charge in [-0.2, -0.15) is 5.06 Å². The van der Waals surface area contributed by atoms with E-state index in [1.807, 2.05) is 6.07 Å². The van der Waals surface area contributed by atoms with Gasteiger partial charge < -0.3 is 4.90 Å². The summed E-state index contributed by atoms with van der Waals surface area (Å²) in [4.78, 5) is 8.20. The van der Waals surface area contributed by atoms with Crippen LogP contribution in [0, 0.1) is 0 Å². The molecule has 0 bridgehead atoms. The molecule has 0 N–H and O–H groups in total. The van der Waals surface area contributed by atoms with Crippen molar-refractivity contribution in [1.29, 1.82) is 0 Å². The first kappa shape index (κ1) is 16.8. The number of nitrogens with zero attached hydrogens (tertiary/aromatic N) is 2. The fourth-order valence-corrected chi connectivity index (χ4v) is 5.44. The Morgan fingerprint density at radius 1 is 1.17 bits per heavy atom. The van der Waals surface area contributed by atoms with Gasteiger partial charge in [0.05, 0.1) is 6.61 Å². The van der Waals surface area contributed by atoms with Gasteiger partial charge in [0.15, 0.2) is 0 Å². The lowest BCUT2D eigenvalue weighted by Gasteiger charge is -2.34. The molecule has 2 heterocycles. The molecule has 2 aliphatic heterocycles. The number of thiol groups is 1. The predicted octanol–water partition coefficient (Wildman–Crippen LogP) is 3.56. The summed E-state index contributed by atoms with van der Waals surface area (Å²) < 4.78 is 0. The number of likely N-dealkylation sites (N-methyl/N-ethyl adjacent to an activating group) is 1. The van der Waals surface area contributed by atoms with Crippen molar-refractivity contribution >= 4 is 10.9 Å². The zero-order valence-corrected chi connectivity index (χ0v) is 15.1. The third kappa shape index (κ3) is 4.95. The summed E-state index contributed by atoms with van der Waals surface area (Å²) in [6.45, 7) is 3.86. The number of benzene rings is 1. The predicted molar refractivity (Wildman–Crippen MR) is 101 cm³/mol. The topological polar surface area (TPSA) is 15.7 Å². The van der Waals surface area contributed by atoms with Crippen LogP contribution in [0.2, 0.25) is 0 Å². The molecule has 3 rings (SSSR count). The van der Waals surface area contributed by atoms with Crippen molar-refractivity contribution in [2.75, 3.05) is 33.7 Å². The van der Waals surface area contributed by atoms with Crippen molar-refractivity contribution in [2.45, 2.75) is 24.7 Å². The van der Waals surface area contributed by atoms with Gasteiger partial charge in [0.1, 0.15) is 0 Å². The van der Waals surface area contributed by atoms with E-state index in [4.69, 9.17) is 4.84 Å². The molecule has 0 aliphatic carbocycles. The largest absolute Gasteiger partial charge is 0.305 e. The highest BCUT2D eigenvalue weighted by Gasteiger charge is 2.24. The molecule has 1 atom stereocenters. The minimum Gasteiger partial charge on any atom is -0.305 e.